The summed E-state index contributed by atoms with van der Waals surface area (Å²) in [5.74, 6) is -1.60. The number of amides is 1. The zero-order valence-corrected chi connectivity index (χ0v) is 20.4. The van der Waals surface area contributed by atoms with Crippen LogP contribution in [0, 0.1) is 5.82 Å². The molecule has 4 rings (SSSR count). The summed E-state index contributed by atoms with van der Waals surface area (Å²) in [6.45, 7) is 2.18. The van der Waals surface area contributed by atoms with Crippen LogP contribution in [0.15, 0.2) is 52.4 Å². The summed E-state index contributed by atoms with van der Waals surface area (Å²) < 4.78 is 47.9. The molecule has 2 aromatic carbocycles. The Morgan fingerprint density at radius 2 is 1.91 bits per heavy atom. The van der Waals surface area contributed by atoms with Crippen LogP contribution in [0.1, 0.15) is 36.5 Å². The third-order valence-electron chi connectivity index (χ3n) is 5.81. The quantitative estimate of drug-likeness (QED) is 0.496. The van der Waals surface area contributed by atoms with Gasteiger partial charge < -0.3 is 9.30 Å². The van der Waals surface area contributed by atoms with Crippen LogP contribution < -0.4 is 4.80 Å². The summed E-state index contributed by atoms with van der Waals surface area (Å²) in [5, 5.41) is 0. The van der Waals surface area contributed by atoms with E-state index in [2.05, 4.69) is 4.99 Å². The molecule has 1 aliphatic heterocycles. The topological polar surface area (TPSA) is 98.0 Å². The molecule has 34 heavy (non-hydrogen) atoms. The minimum Gasteiger partial charge on any atom is -0.468 e. The Morgan fingerprint density at radius 3 is 2.59 bits per heavy atom. The molecule has 1 amide bonds. The van der Waals surface area contributed by atoms with E-state index in [-0.39, 0.29) is 27.8 Å². The van der Waals surface area contributed by atoms with E-state index >= 15 is 0 Å². The SMILES string of the molecule is COC(=O)Cn1c(=NC(=O)c2ccc(S(=O)(=O)N3CCCCC3C)cc2)sc2cc(F)ccc21. The molecule has 1 fully saturated rings. The van der Waals surface area contributed by atoms with Crippen molar-refractivity contribution in [2.75, 3.05) is 13.7 Å². The number of hydrogen-bond donors (Lipinski definition) is 0. The Morgan fingerprint density at radius 1 is 1.18 bits per heavy atom. The molecule has 180 valence electrons. The first kappa shape index (κ1) is 24.2. The van der Waals surface area contributed by atoms with Crippen molar-refractivity contribution in [3.63, 3.8) is 0 Å². The van der Waals surface area contributed by atoms with Gasteiger partial charge in [-0.05, 0) is 62.2 Å². The number of rotatable bonds is 5. The molecule has 3 aromatic rings. The Bertz CT molecular complexity index is 1410. The Labute approximate surface area is 200 Å². The Balaban J connectivity index is 1.67. The molecular weight excluding hydrogens is 481 g/mol. The van der Waals surface area contributed by atoms with Gasteiger partial charge in [-0.3, -0.25) is 9.59 Å². The average molecular weight is 506 g/mol. The predicted molar refractivity (Wildman–Crippen MR) is 125 cm³/mol. The van der Waals surface area contributed by atoms with E-state index in [9.17, 15) is 22.4 Å². The van der Waals surface area contributed by atoms with Gasteiger partial charge in [-0.2, -0.15) is 9.30 Å². The van der Waals surface area contributed by atoms with Gasteiger partial charge in [0.15, 0.2) is 4.80 Å². The van der Waals surface area contributed by atoms with Crippen LogP contribution in [0.2, 0.25) is 0 Å². The van der Waals surface area contributed by atoms with Crippen molar-refractivity contribution >= 4 is 43.5 Å². The smallest absolute Gasteiger partial charge is 0.325 e. The molecule has 1 aliphatic rings. The number of halogens is 1. The lowest BCUT2D eigenvalue weighted by Crippen LogP contribution is -2.41. The number of ether oxygens (including phenoxy) is 1. The van der Waals surface area contributed by atoms with Crippen LogP contribution >= 0.6 is 11.3 Å². The average Bonchev–Trinajstić information content (AvgIpc) is 3.14. The second-order valence-corrected chi connectivity index (χ2v) is 11.0. The molecule has 11 heteroatoms. The highest BCUT2D eigenvalue weighted by atomic mass is 32.2. The Hall–Kier alpha value is -2.89. The van der Waals surface area contributed by atoms with Gasteiger partial charge in [0.05, 0.1) is 22.2 Å². The fourth-order valence-corrected chi connectivity index (χ4v) is 6.72. The standard InChI is InChI=1S/C23H24FN3O5S2/c1-15-5-3-4-12-27(15)34(30,31)18-9-6-16(7-10-18)22(29)25-23-26(14-21(28)32-2)19-11-8-17(24)13-20(19)33-23/h6-11,13,15H,3-5,12,14H2,1-2H3. The lowest BCUT2D eigenvalue weighted by Gasteiger charge is -2.32. The van der Waals surface area contributed by atoms with E-state index in [0.717, 1.165) is 30.6 Å². The number of carbonyl (C=O) groups is 2. The molecule has 2 heterocycles. The van der Waals surface area contributed by atoms with E-state index in [1.807, 2.05) is 6.92 Å². The van der Waals surface area contributed by atoms with E-state index in [0.29, 0.717) is 16.8 Å². The molecular formula is C23H24FN3O5S2. The van der Waals surface area contributed by atoms with Gasteiger partial charge in [0.25, 0.3) is 5.91 Å². The second kappa shape index (κ2) is 9.77. The zero-order valence-electron chi connectivity index (χ0n) is 18.7. The summed E-state index contributed by atoms with van der Waals surface area (Å²) in [6, 6.07) is 9.66. The van der Waals surface area contributed by atoms with Gasteiger partial charge in [0.2, 0.25) is 10.0 Å². The van der Waals surface area contributed by atoms with Crippen molar-refractivity contribution in [2.24, 2.45) is 4.99 Å². The first-order valence-electron chi connectivity index (χ1n) is 10.8. The highest BCUT2D eigenvalue weighted by molar-refractivity contribution is 7.89. The molecule has 0 aliphatic carbocycles. The summed E-state index contributed by atoms with van der Waals surface area (Å²) in [6.07, 6.45) is 2.64. The van der Waals surface area contributed by atoms with Crippen LogP contribution in [0.5, 0.6) is 0 Å². The van der Waals surface area contributed by atoms with Crippen LogP contribution in [-0.2, 0) is 26.1 Å². The van der Waals surface area contributed by atoms with E-state index in [1.165, 1.54) is 58.4 Å². The molecule has 0 saturated carbocycles. The fourth-order valence-electron chi connectivity index (χ4n) is 3.96. The molecule has 1 saturated heterocycles. The summed E-state index contributed by atoms with van der Waals surface area (Å²) >= 11 is 1.07. The molecule has 1 atom stereocenters. The van der Waals surface area contributed by atoms with Crippen LogP contribution in [0.25, 0.3) is 10.2 Å². The maximum absolute atomic E-state index is 13.7. The number of thiazole rings is 1. The number of sulfonamides is 1. The van der Waals surface area contributed by atoms with Crippen LogP contribution in [-0.4, -0.2) is 48.9 Å². The van der Waals surface area contributed by atoms with Crippen molar-refractivity contribution in [3.8, 4) is 0 Å². The molecule has 0 N–H and O–H groups in total. The van der Waals surface area contributed by atoms with Gasteiger partial charge in [0, 0.05) is 18.2 Å². The van der Waals surface area contributed by atoms with Gasteiger partial charge in [-0.15, -0.1) is 0 Å². The minimum absolute atomic E-state index is 0.0712. The van der Waals surface area contributed by atoms with E-state index in [1.54, 1.807) is 0 Å². The van der Waals surface area contributed by atoms with Crippen LogP contribution in [0.3, 0.4) is 0 Å². The summed E-state index contributed by atoms with van der Waals surface area (Å²) in [4.78, 5) is 29.2. The lowest BCUT2D eigenvalue weighted by molar-refractivity contribution is -0.141. The van der Waals surface area contributed by atoms with E-state index < -0.39 is 27.7 Å². The number of nitrogens with zero attached hydrogens (tertiary/aromatic N) is 3. The number of methoxy groups -OCH3 is 1. The molecule has 8 nitrogen and oxygen atoms in total. The first-order chi connectivity index (χ1) is 16.2. The van der Waals surface area contributed by atoms with Crippen molar-refractivity contribution in [1.29, 1.82) is 0 Å². The molecule has 1 aromatic heterocycles. The highest BCUT2D eigenvalue weighted by Gasteiger charge is 2.30. The third-order valence-corrected chi connectivity index (χ3v) is 8.88. The predicted octanol–water partition coefficient (Wildman–Crippen LogP) is 3.32. The Kier molecular flexibility index (Phi) is 6.96. The first-order valence-corrected chi connectivity index (χ1v) is 13.0. The molecule has 0 bridgehead atoms. The number of fused-ring (bicyclic) bond motifs is 1. The number of esters is 1. The van der Waals surface area contributed by atoms with Crippen molar-refractivity contribution in [2.45, 2.75) is 43.7 Å². The lowest BCUT2D eigenvalue weighted by atomic mass is 10.1. The van der Waals surface area contributed by atoms with Crippen molar-refractivity contribution in [1.82, 2.24) is 8.87 Å². The van der Waals surface area contributed by atoms with Gasteiger partial charge in [-0.25, -0.2) is 12.8 Å². The maximum atomic E-state index is 13.7. The number of carbonyl (C=O) groups excluding carboxylic acids is 2. The largest absolute Gasteiger partial charge is 0.468 e. The minimum atomic E-state index is -3.65. The van der Waals surface area contributed by atoms with Gasteiger partial charge >= 0.3 is 5.97 Å². The van der Waals surface area contributed by atoms with Gasteiger partial charge in [-0.1, -0.05) is 17.8 Å². The fraction of sp³-hybridized carbons (Fsp3) is 0.348. The van der Waals surface area contributed by atoms with Gasteiger partial charge in [0.1, 0.15) is 12.4 Å². The highest BCUT2D eigenvalue weighted by Crippen LogP contribution is 2.25. The maximum Gasteiger partial charge on any atom is 0.325 e. The molecule has 0 radical (unpaired) electrons. The molecule has 0 spiro atoms. The normalized spacial score (nSPS) is 17.7. The van der Waals surface area contributed by atoms with Crippen LogP contribution in [0.4, 0.5) is 4.39 Å². The van der Waals surface area contributed by atoms with Crippen molar-refractivity contribution in [3.05, 3.63) is 58.6 Å². The number of piperidine rings is 1. The number of aromatic nitrogens is 1. The monoisotopic (exact) mass is 505 g/mol. The summed E-state index contributed by atoms with van der Waals surface area (Å²) in [5.41, 5.74) is 0.736. The van der Waals surface area contributed by atoms with E-state index in [4.69, 9.17) is 4.74 Å². The third kappa shape index (κ3) is 4.82. The number of hydrogen-bond acceptors (Lipinski definition) is 6. The molecule has 1 unspecified atom stereocenters. The van der Waals surface area contributed by atoms with Crippen molar-refractivity contribution < 1.29 is 27.1 Å². The zero-order chi connectivity index (χ0) is 24.5. The summed E-state index contributed by atoms with van der Waals surface area (Å²) in [7, 11) is -2.41. The number of benzene rings is 2. The second-order valence-electron chi connectivity index (χ2n) is 8.06.